The van der Waals surface area contributed by atoms with Crippen molar-refractivity contribution >= 4 is 17.7 Å². The van der Waals surface area contributed by atoms with Crippen LogP contribution in [-0.2, 0) is 11.2 Å². The lowest BCUT2D eigenvalue weighted by Crippen LogP contribution is -2.27. The molecule has 0 spiro atoms. The van der Waals surface area contributed by atoms with Crippen LogP contribution >= 0.6 is 11.8 Å². The number of thioether (sulfide) groups is 1. The molecule has 0 aliphatic rings. The molecule has 0 saturated carbocycles. The summed E-state index contributed by atoms with van der Waals surface area (Å²) in [6.07, 6.45) is 0.575. The zero-order chi connectivity index (χ0) is 21.5. The van der Waals surface area contributed by atoms with Crippen molar-refractivity contribution < 1.29 is 18.3 Å². The summed E-state index contributed by atoms with van der Waals surface area (Å²) in [7, 11) is 0. The second-order valence-corrected chi connectivity index (χ2v) is 7.52. The molecule has 2 aromatic carbocycles. The molecule has 1 N–H and O–H groups in total. The van der Waals surface area contributed by atoms with E-state index in [1.165, 1.54) is 23.9 Å². The van der Waals surface area contributed by atoms with Gasteiger partial charge in [0.25, 0.3) is 0 Å². The maximum atomic E-state index is 12.2. The lowest BCUT2D eigenvalue weighted by atomic mass is 10.1. The SMILES string of the molecule is Cc1ccc(-n2nnnc2SCC(=O)NCCc2ccc(OC(F)F)cc2)c(C)c1. The van der Waals surface area contributed by atoms with Crippen molar-refractivity contribution in [2.45, 2.75) is 32.0 Å². The number of rotatable bonds is 9. The minimum absolute atomic E-state index is 0.107. The molecule has 0 radical (unpaired) electrons. The molecule has 0 aliphatic heterocycles. The first-order valence-corrected chi connectivity index (χ1v) is 10.2. The molecule has 0 aliphatic carbocycles. The molecule has 0 atom stereocenters. The predicted molar refractivity (Wildman–Crippen MR) is 109 cm³/mol. The van der Waals surface area contributed by atoms with Crippen LogP contribution in [0, 0.1) is 13.8 Å². The highest BCUT2D eigenvalue weighted by Gasteiger charge is 2.13. The van der Waals surface area contributed by atoms with Gasteiger partial charge < -0.3 is 10.1 Å². The van der Waals surface area contributed by atoms with Gasteiger partial charge in [0.2, 0.25) is 11.1 Å². The molecule has 0 saturated heterocycles. The molecule has 7 nitrogen and oxygen atoms in total. The van der Waals surface area contributed by atoms with E-state index in [0.29, 0.717) is 18.1 Å². The number of nitrogens with zero attached hydrogens (tertiary/aromatic N) is 4. The average Bonchev–Trinajstić information content (AvgIpc) is 3.15. The van der Waals surface area contributed by atoms with Gasteiger partial charge in [-0.3, -0.25) is 4.79 Å². The normalized spacial score (nSPS) is 11.0. The molecule has 1 amide bonds. The van der Waals surface area contributed by atoms with Crippen LogP contribution in [0.3, 0.4) is 0 Å². The smallest absolute Gasteiger partial charge is 0.387 e. The first-order chi connectivity index (χ1) is 14.4. The highest BCUT2D eigenvalue weighted by molar-refractivity contribution is 7.99. The van der Waals surface area contributed by atoms with Crippen LogP contribution in [0.5, 0.6) is 5.75 Å². The maximum absolute atomic E-state index is 12.2. The van der Waals surface area contributed by atoms with Gasteiger partial charge in [-0.25, -0.2) is 0 Å². The van der Waals surface area contributed by atoms with Crippen LogP contribution < -0.4 is 10.1 Å². The summed E-state index contributed by atoms with van der Waals surface area (Å²) in [6.45, 7) is 1.58. The third-order valence-electron chi connectivity index (χ3n) is 4.24. The number of hydrogen-bond acceptors (Lipinski definition) is 6. The van der Waals surface area contributed by atoms with Crippen LogP contribution in [-0.4, -0.2) is 45.0 Å². The fraction of sp³-hybridized carbons (Fsp3) is 0.300. The van der Waals surface area contributed by atoms with E-state index in [9.17, 15) is 13.6 Å². The fourth-order valence-electron chi connectivity index (χ4n) is 2.83. The Hall–Kier alpha value is -3.01. The number of aryl methyl sites for hydroxylation is 2. The minimum Gasteiger partial charge on any atom is -0.435 e. The number of carbonyl (C=O) groups is 1. The van der Waals surface area contributed by atoms with Crippen molar-refractivity contribution in [3.63, 3.8) is 0 Å². The number of carbonyl (C=O) groups excluding carboxylic acids is 1. The molecule has 1 aromatic heterocycles. The Balaban J connectivity index is 1.47. The Morgan fingerprint density at radius 1 is 1.20 bits per heavy atom. The summed E-state index contributed by atoms with van der Waals surface area (Å²) in [4.78, 5) is 12.2. The van der Waals surface area contributed by atoms with Crippen molar-refractivity contribution in [2.24, 2.45) is 0 Å². The van der Waals surface area contributed by atoms with E-state index >= 15 is 0 Å². The zero-order valence-corrected chi connectivity index (χ0v) is 17.3. The number of alkyl halides is 2. The Bertz CT molecular complexity index is 995. The minimum atomic E-state index is -2.84. The van der Waals surface area contributed by atoms with E-state index < -0.39 is 6.61 Å². The monoisotopic (exact) mass is 433 g/mol. The number of nitrogens with one attached hydrogen (secondary N) is 1. The Morgan fingerprint density at radius 2 is 1.97 bits per heavy atom. The van der Waals surface area contributed by atoms with Crippen molar-refractivity contribution in [3.05, 3.63) is 59.2 Å². The van der Waals surface area contributed by atoms with E-state index in [-0.39, 0.29) is 17.4 Å². The van der Waals surface area contributed by atoms with Crippen LogP contribution in [0.4, 0.5) is 8.78 Å². The molecule has 3 rings (SSSR count). The Kier molecular flexibility index (Phi) is 7.34. The summed E-state index contributed by atoms with van der Waals surface area (Å²) in [5.41, 5.74) is 3.96. The third-order valence-corrected chi connectivity index (χ3v) is 5.16. The summed E-state index contributed by atoms with van der Waals surface area (Å²) in [6, 6.07) is 12.3. The van der Waals surface area contributed by atoms with Crippen LogP contribution in [0.2, 0.25) is 0 Å². The molecule has 0 unspecified atom stereocenters. The van der Waals surface area contributed by atoms with Gasteiger partial charge in [0, 0.05) is 6.54 Å². The molecular weight excluding hydrogens is 412 g/mol. The van der Waals surface area contributed by atoms with Crippen LogP contribution in [0.1, 0.15) is 16.7 Å². The van der Waals surface area contributed by atoms with Crippen molar-refractivity contribution in [2.75, 3.05) is 12.3 Å². The highest BCUT2D eigenvalue weighted by atomic mass is 32.2. The van der Waals surface area contributed by atoms with E-state index in [1.54, 1.807) is 16.8 Å². The third kappa shape index (κ3) is 5.99. The van der Waals surface area contributed by atoms with Gasteiger partial charge in [-0.2, -0.15) is 13.5 Å². The molecule has 3 aromatic rings. The molecule has 30 heavy (non-hydrogen) atoms. The summed E-state index contributed by atoms with van der Waals surface area (Å²) >= 11 is 1.25. The number of tetrazole rings is 1. The highest BCUT2D eigenvalue weighted by Crippen LogP contribution is 2.21. The predicted octanol–water partition coefficient (Wildman–Crippen LogP) is 3.33. The molecule has 10 heteroatoms. The first-order valence-electron chi connectivity index (χ1n) is 9.21. The maximum Gasteiger partial charge on any atom is 0.387 e. The lowest BCUT2D eigenvalue weighted by Gasteiger charge is -2.09. The Morgan fingerprint density at radius 3 is 2.67 bits per heavy atom. The van der Waals surface area contributed by atoms with Gasteiger partial charge in [-0.15, -0.1) is 5.10 Å². The lowest BCUT2D eigenvalue weighted by molar-refractivity contribution is -0.118. The molecule has 1 heterocycles. The number of aromatic nitrogens is 4. The van der Waals surface area contributed by atoms with Gasteiger partial charge >= 0.3 is 6.61 Å². The van der Waals surface area contributed by atoms with Gasteiger partial charge in [-0.1, -0.05) is 41.6 Å². The van der Waals surface area contributed by atoms with Crippen molar-refractivity contribution in [3.8, 4) is 11.4 Å². The number of amides is 1. The van der Waals surface area contributed by atoms with Crippen LogP contribution in [0.15, 0.2) is 47.6 Å². The van der Waals surface area contributed by atoms with Crippen LogP contribution in [0.25, 0.3) is 5.69 Å². The molecule has 0 bridgehead atoms. The van der Waals surface area contributed by atoms with E-state index in [2.05, 4.69) is 25.6 Å². The number of ether oxygens (including phenoxy) is 1. The topological polar surface area (TPSA) is 81.9 Å². The fourth-order valence-corrected chi connectivity index (χ4v) is 3.54. The summed E-state index contributed by atoms with van der Waals surface area (Å²) in [5, 5.41) is 15.1. The van der Waals surface area contributed by atoms with E-state index in [1.807, 2.05) is 32.0 Å². The van der Waals surface area contributed by atoms with Gasteiger partial charge in [0.05, 0.1) is 11.4 Å². The average molecular weight is 433 g/mol. The standard InChI is InChI=1S/C20H21F2N5O2S/c1-13-3-8-17(14(2)11-13)27-20(24-25-26-27)30-12-18(28)23-10-9-15-4-6-16(7-5-15)29-19(21)22/h3-8,11,19H,9-10,12H2,1-2H3,(H,23,28). The molecule has 0 fully saturated rings. The molecule has 158 valence electrons. The summed E-state index contributed by atoms with van der Waals surface area (Å²) < 4.78 is 30.2. The molecular formula is C20H21F2N5O2S. The largest absolute Gasteiger partial charge is 0.435 e. The first kappa shape index (κ1) is 21.7. The number of halogens is 2. The number of benzene rings is 2. The van der Waals surface area contributed by atoms with E-state index in [0.717, 1.165) is 22.4 Å². The van der Waals surface area contributed by atoms with Gasteiger partial charge in [0.15, 0.2) is 0 Å². The summed E-state index contributed by atoms with van der Waals surface area (Å²) in [5.74, 6) is 0.135. The Labute approximate surface area is 176 Å². The zero-order valence-electron chi connectivity index (χ0n) is 16.5. The van der Waals surface area contributed by atoms with E-state index in [4.69, 9.17) is 0 Å². The van der Waals surface area contributed by atoms with Gasteiger partial charge in [-0.05, 0) is 60.0 Å². The second kappa shape index (κ2) is 10.1. The van der Waals surface area contributed by atoms with Gasteiger partial charge in [0.1, 0.15) is 5.75 Å². The van der Waals surface area contributed by atoms with Crippen molar-refractivity contribution in [1.82, 2.24) is 25.5 Å². The number of hydrogen-bond donors (Lipinski definition) is 1. The quantitative estimate of drug-likeness (QED) is 0.522. The van der Waals surface area contributed by atoms with Crippen molar-refractivity contribution in [1.29, 1.82) is 0 Å². The second-order valence-electron chi connectivity index (χ2n) is 6.57.